The SMILES string of the molecule is CCN(C(=O)COC[C@@H]1CCCN(C(=O)O)C1)c1cccc(Cl)c1. The summed E-state index contributed by atoms with van der Waals surface area (Å²) in [6, 6.07) is 7.14. The highest BCUT2D eigenvalue weighted by Crippen LogP contribution is 2.20. The fraction of sp³-hybridized carbons (Fsp3) is 0.529. The summed E-state index contributed by atoms with van der Waals surface area (Å²) < 4.78 is 5.55. The fourth-order valence-corrected chi connectivity index (χ4v) is 3.10. The van der Waals surface area contributed by atoms with E-state index in [2.05, 4.69) is 0 Å². The van der Waals surface area contributed by atoms with Gasteiger partial charge in [0.1, 0.15) is 6.61 Å². The van der Waals surface area contributed by atoms with E-state index in [9.17, 15) is 9.59 Å². The van der Waals surface area contributed by atoms with E-state index in [4.69, 9.17) is 21.4 Å². The molecule has 1 aromatic carbocycles. The second kappa shape index (κ2) is 8.89. The van der Waals surface area contributed by atoms with E-state index in [1.807, 2.05) is 13.0 Å². The van der Waals surface area contributed by atoms with Gasteiger partial charge in [-0.2, -0.15) is 0 Å². The molecule has 0 spiro atoms. The Morgan fingerprint density at radius 2 is 2.25 bits per heavy atom. The molecule has 1 N–H and O–H groups in total. The monoisotopic (exact) mass is 354 g/mol. The smallest absolute Gasteiger partial charge is 0.407 e. The molecule has 0 aliphatic carbocycles. The summed E-state index contributed by atoms with van der Waals surface area (Å²) in [7, 11) is 0. The van der Waals surface area contributed by atoms with Crippen molar-refractivity contribution in [1.29, 1.82) is 0 Å². The van der Waals surface area contributed by atoms with Crippen LogP contribution in [-0.2, 0) is 9.53 Å². The zero-order chi connectivity index (χ0) is 17.5. The van der Waals surface area contributed by atoms with Crippen molar-refractivity contribution in [2.24, 2.45) is 5.92 Å². The van der Waals surface area contributed by atoms with E-state index >= 15 is 0 Å². The van der Waals surface area contributed by atoms with Gasteiger partial charge >= 0.3 is 6.09 Å². The number of piperidine rings is 1. The summed E-state index contributed by atoms with van der Waals surface area (Å²) in [6.07, 6.45) is 0.857. The minimum absolute atomic E-state index is 0.0239. The highest BCUT2D eigenvalue weighted by molar-refractivity contribution is 6.30. The van der Waals surface area contributed by atoms with Crippen LogP contribution in [0, 0.1) is 5.92 Å². The maximum absolute atomic E-state index is 12.4. The Balaban J connectivity index is 1.82. The third kappa shape index (κ3) is 5.11. The molecule has 0 radical (unpaired) electrons. The highest BCUT2D eigenvalue weighted by atomic mass is 35.5. The summed E-state index contributed by atoms with van der Waals surface area (Å²) >= 11 is 5.97. The third-order valence-corrected chi connectivity index (χ3v) is 4.34. The number of hydrogen-bond acceptors (Lipinski definition) is 3. The van der Waals surface area contributed by atoms with Gasteiger partial charge in [-0.25, -0.2) is 4.79 Å². The van der Waals surface area contributed by atoms with Gasteiger partial charge in [0.2, 0.25) is 0 Å². The molecular formula is C17H23ClN2O4. The van der Waals surface area contributed by atoms with Crippen LogP contribution in [0.2, 0.25) is 5.02 Å². The Hall–Kier alpha value is -1.79. The molecule has 1 aliphatic heterocycles. The zero-order valence-electron chi connectivity index (χ0n) is 13.8. The number of anilines is 1. The molecule has 1 saturated heterocycles. The van der Waals surface area contributed by atoms with Crippen LogP contribution in [0.4, 0.5) is 10.5 Å². The number of carbonyl (C=O) groups is 2. The van der Waals surface area contributed by atoms with Crippen molar-refractivity contribution in [3.63, 3.8) is 0 Å². The first kappa shape index (κ1) is 18.5. The molecular weight excluding hydrogens is 332 g/mol. The molecule has 0 unspecified atom stereocenters. The van der Waals surface area contributed by atoms with Crippen LogP contribution < -0.4 is 4.90 Å². The fourth-order valence-electron chi connectivity index (χ4n) is 2.91. The number of nitrogens with zero attached hydrogens (tertiary/aromatic N) is 2. The molecule has 0 aromatic heterocycles. The highest BCUT2D eigenvalue weighted by Gasteiger charge is 2.24. The normalized spacial score (nSPS) is 17.6. The lowest BCUT2D eigenvalue weighted by Crippen LogP contribution is -2.41. The Bertz CT molecular complexity index is 581. The summed E-state index contributed by atoms with van der Waals surface area (Å²) in [5.41, 5.74) is 0.744. The van der Waals surface area contributed by atoms with Crippen molar-refractivity contribution in [1.82, 2.24) is 4.90 Å². The average molecular weight is 355 g/mol. The topological polar surface area (TPSA) is 70.1 Å². The number of halogens is 1. The molecule has 1 heterocycles. The molecule has 24 heavy (non-hydrogen) atoms. The maximum atomic E-state index is 12.4. The summed E-state index contributed by atoms with van der Waals surface area (Å²) in [5.74, 6) is 0.00885. The quantitative estimate of drug-likeness (QED) is 0.852. The van der Waals surface area contributed by atoms with E-state index in [1.54, 1.807) is 23.1 Å². The van der Waals surface area contributed by atoms with E-state index in [0.29, 0.717) is 31.3 Å². The number of likely N-dealkylation sites (N-methyl/N-ethyl adjacent to an activating group) is 1. The molecule has 1 atom stereocenters. The van der Waals surface area contributed by atoms with Crippen LogP contribution in [-0.4, -0.2) is 54.9 Å². The van der Waals surface area contributed by atoms with Crippen molar-refractivity contribution in [2.75, 3.05) is 37.7 Å². The van der Waals surface area contributed by atoms with Crippen molar-refractivity contribution in [3.8, 4) is 0 Å². The van der Waals surface area contributed by atoms with E-state index in [1.165, 1.54) is 4.90 Å². The van der Waals surface area contributed by atoms with Gasteiger partial charge in [-0.1, -0.05) is 17.7 Å². The predicted molar refractivity (Wildman–Crippen MR) is 92.6 cm³/mol. The number of amides is 2. The van der Waals surface area contributed by atoms with Crippen LogP contribution >= 0.6 is 11.6 Å². The number of rotatable bonds is 6. The van der Waals surface area contributed by atoms with E-state index in [0.717, 1.165) is 18.5 Å². The molecule has 1 aliphatic rings. The van der Waals surface area contributed by atoms with Crippen LogP contribution in [0.25, 0.3) is 0 Å². The summed E-state index contributed by atoms with van der Waals surface area (Å²) in [6.45, 7) is 3.83. The predicted octanol–water partition coefficient (Wildman–Crippen LogP) is 3.10. The second-order valence-electron chi connectivity index (χ2n) is 5.87. The molecule has 0 saturated carbocycles. The third-order valence-electron chi connectivity index (χ3n) is 4.11. The van der Waals surface area contributed by atoms with Gasteiger partial charge in [-0.3, -0.25) is 4.79 Å². The van der Waals surface area contributed by atoms with Gasteiger partial charge in [0, 0.05) is 36.3 Å². The summed E-state index contributed by atoms with van der Waals surface area (Å²) in [4.78, 5) is 26.4. The molecule has 7 heteroatoms. The van der Waals surface area contributed by atoms with Crippen molar-refractivity contribution in [3.05, 3.63) is 29.3 Å². The Kier molecular flexibility index (Phi) is 6.87. The molecule has 2 amide bonds. The van der Waals surface area contributed by atoms with Gasteiger partial charge < -0.3 is 19.6 Å². The largest absolute Gasteiger partial charge is 0.465 e. The van der Waals surface area contributed by atoms with Gasteiger partial charge in [-0.15, -0.1) is 0 Å². The van der Waals surface area contributed by atoms with Gasteiger partial charge in [0.05, 0.1) is 6.61 Å². The number of ether oxygens (including phenoxy) is 1. The van der Waals surface area contributed by atoms with E-state index in [-0.39, 0.29) is 18.4 Å². The first-order valence-electron chi connectivity index (χ1n) is 8.12. The van der Waals surface area contributed by atoms with Crippen LogP contribution in [0.1, 0.15) is 19.8 Å². The minimum atomic E-state index is -0.895. The van der Waals surface area contributed by atoms with Crippen LogP contribution in [0.15, 0.2) is 24.3 Å². The van der Waals surface area contributed by atoms with Crippen molar-refractivity contribution in [2.45, 2.75) is 19.8 Å². The Morgan fingerprint density at radius 3 is 2.92 bits per heavy atom. The first-order valence-corrected chi connectivity index (χ1v) is 8.50. The lowest BCUT2D eigenvalue weighted by Gasteiger charge is -2.30. The van der Waals surface area contributed by atoms with Crippen molar-refractivity contribution < 1.29 is 19.4 Å². The number of benzene rings is 1. The molecule has 1 fully saturated rings. The molecule has 1 aromatic rings. The van der Waals surface area contributed by atoms with Crippen molar-refractivity contribution >= 4 is 29.3 Å². The lowest BCUT2D eigenvalue weighted by atomic mass is 9.99. The van der Waals surface area contributed by atoms with Crippen LogP contribution in [0.5, 0.6) is 0 Å². The van der Waals surface area contributed by atoms with Gasteiger partial charge in [0.25, 0.3) is 5.91 Å². The molecule has 2 rings (SSSR count). The summed E-state index contributed by atoms with van der Waals surface area (Å²) in [5, 5.41) is 9.62. The first-order chi connectivity index (χ1) is 11.5. The number of hydrogen-bond donors (Lipinski definition) is 1. The zero-order valence-corrected chi connectivity index (χ0v) is 14.5. The average Bonchev–Trinajstić information content (AvgIpc) is 2.56. The minimum Gasteiger partial charge on any atom is -0.465 e. The van der Waals surface area contributed by atoms with E-state index < -0.39 is 6.09 Å². The maximum Gasteiger partial charge on any atom is 0.407 e. The van der Waals surface area contributed by atoms with Crippen LogP contribution in [0.3, 0.4) is 0 Å². The second-order valence-corrected chi connectivity index (χ2v) is 6.31. The van der Waals surface area contributed by atoms with Gasteiger partial charge in [0.15, 0.2) is 0 Å². The number of likely N-dealkylation sites (tertiary alicyclic amines) is 1. The number of carboxylic acid groups (broad SMARTS) is 1. The number of carbonyl (C=O) groups excluding carboxylic acids is 1. The lowest BCUT2D eigenvalue weighted by molar-refractivity contribution is -0.123. The Labute approximate surface area is 146 Å². The standard InChI is InChI=1S/C17H23ClN2O4/c1-2-20(15-7-3-6-14(18)9-15)16(21)12-24-11-13-5-4-8-19(10-13)17(22)23/h3,6-7,9,13H,2,4-5,8,10-12H2,1H3,(H,22,23)/t13-/m1/s1. The van der Waals surface area contributed by atoms with Gasteiger partial charge in [-0.05, 0) is 38.0 Å². The molecule has 132 valence electrons. The Morgan fingerprint density at radius 1 is 1.46 bits per heavy atom. The molecule has 6 nitrogen and oxygen atoms in total. The molecule has 0 bridgehead atoms.